The first kappa shape index (κ1) is 10.7. The second-order valence-electron chi connectivity index (χ2n) is 2.44. The summed E-state index contributed by atoms with van der Waals surface area (Å²) in [5.41, 5.74) is 0.502. The second kappa shape index (κ2) is 4.78. The van der Waals surface area contributed by atoms with Gasteiger partial charge in [-0.1, -0.05) is 11.6 Å². The van der Waals surface area contributed by atoms with Gasteiger partial charge in [0.2, 0.25) is 0 Å². The predicted molar refractivity (Wildman–Crippen MR) is 51.2 cm³/mol. The number of carbonyl (C=O) groups excluding carboxylic acids is 1. The number of ether oxygens (including phenoxy) is 1. The van der Waals surface area contributed by atoms with E-state index in [9.17, 15) is 4.79 Å². The number of rotatable bonds is 2. The molecule has 0 aliphatic carbocycles. The molecule has 0 saturated heterocycles. The Morgan fingerprint density at radius 3 is 3.00 bits per heavy atom. The molecule has 1 aromatic rings. The molecule has 0 radical (unpaired) electrons. The van der Waals surface area contributed by atoms with Crippen molar-refractivity contribution in [1.82, 2.24) is 4.98 Å². The number of hydrogen-bond acceptors (Lipinski definition) is 4. The molecule has 14 heavy (non-hydrogen) atoms. The number of nitrogens with one attached hydrogen (secondary N) is 1. The highest BCUT2D eigenvalue weighted by Gasteiger charge is 2.05. The van der Waals surface area contributed by atoms with Crippen molar-refractivity contribution < 1.29 is 14.6 Å². The minimum atomic E-state index is -0.620. The summed E-state index contributed by atoms with van der Waals surface area (Å²) in [7, 11) is 1.25. The first-order valence-corrected chi connectivity index (χ1v) is 4.15. The van der Waals surface area contributed by atoms with Crippen molar-refractivity contribution in [3.8, 4) is 0 Å². The Morgan fingerprint density at radius 1 is 1.79 bits per heavy atom. The maximum Gasteiger partial charge on any atom is 0.412 e. The van der Waals surface area contributed by atoms with Crippen molar-refractivity contribution in [2.75, 3.05) is 12.4 Å². The van der Waals surface area contributed by atoms with Crippen molar-refractivity contribution in [2.45, 2.75) is 6.61 Å². The molecule has 1 heterocycles. The van der Waals surface area contributed by atoms with Gasteiger partial charge in [0.05, 0.1) is 18.7 Å². The summed E-state index contributed by atoms with van der Waals surface area (Å²) in [6, 6.07) is 1.43. The molecule has 0 fully saturated rings. The molecule has 0 aliphatic rings. The average Bonchev–Trinajstić information content (AvgIpc) is 2.18. The third-order valence-electron chi connectivity index (χ3n) is 1.52. The zero-order chi connectivity index (χ0) is 10.6. The predicted octanol–water partition coefficient (Wildman–Crippen LogP) is 1.41. The van der Waals surface area contributed by atoms with Gasteiger partial charge in [-0.05, 0) is 6.07 Å². The van der Waals surface area contributed by atoms with Gasteiger partial charge in [-0.2, -0.15) is 0 Å². The van der Waals surface area contributed by atoms with Gasteiger partial charge < -0.3 is 9.84 Å². The summed E-state index contributed by atoms with van der Waals surface area (Å²) in [6.07, 6.45) is 0.762. The van der Waals surface area contributed by atoms with Crippen LogP contribution in [0.5, 0.6) is 0 Å². The largest absolute Gasteiger partial charge is 0.453 e. The number of aliphatic hydroxyl groups is 1. The summed E-state index contributed by atoms with van der Waals surface area (Å²) in [6.45, 7) is -0.190. The highest BCUT2D eigenvalue weighted by atomic mass is 35.5. The van der Waals surface area contributed by atoms with Gasteiger partial charge in [0.25, 0.3) is 0 Å². The number of anilines is 1. The lowest BCUT2D eigenvalue weighted by Gasteiger charge is -2.04. The van der Waals surface area contributed by atoms with Crippen molar-refractivity contribution in [3.05, 3.63) is 22.8 Å². The minimum Gasteiger partial charge on any atom is -0.453 e. The van der Waals surface area contributed by atoms with Crippen LogP contribution in [0.3, 0.4) is 0 Å². The van der Waals surface area contributed by atoms with Crippen LogP contribution in [0.2, 0.25) is 5.02 Å². The molecule has 2 N–H and O–H groups in total. The van der Waals surface area contributed by atoms with E-state index in [-0.39, 0.29) is 12.4 Å². The van der Waals surface area contributed by atoms with E-state index >= 15 is 0 Å². The van der Waals surface area contributed by atoms with E-state index in [1.807, 2.05) is 0 Å². The lowest BCUT2D eigenvalue weighted by atomic mass is 10.3. The maximum absolute atomic E-state index is 10.8. The number of amides is 1. The standard InChI is InChI=1S/C8H9ClN2O3/c1-14-8(13)11-7-2-6(9)5(4-12)3-10-7/h2-3,12H,4H2,1H3,(H,10,11,13). The number of aliphatic hydroxyl groups excluding tert-OH is 1. The highest BCUT2D eigenvalue weighted by molar-refractivity contribution is 6.31. The lowest BCUT2D eigenvalue weighted by molar-refractivity contribution is 0.187. The van der Waals surface area contributed by atoms with Crippen molar-refractivity contribution >= 4 is 23.5 Å². The van der Waals surface area contributed by atoms with Crippen LogP contribution in [0.15, 0.2) is 12.3 Å². The molecule has 5 nitrogen and oxygen atoms in total. The SMILES string of the molecule is COC(=O)Nc1cc(Cl)c(CO)cn1. The minimum absolute atomic E-state index is 0.190. The van der Waals surface area contributed by atoms with Gasteiger partial charge in [0.15, 0.2) is 0 Å². The Bertz CT molecular complexity index is 343. The molecule has 0 unspecified atom stereocenters. The van der Waals surface area contributed by atoms with E-state index in [1.165, 1.54) is 19.4 Å². The first-order chi connectivity index (χ1) is 6.67. The summed E-state index contributed by atoms with van der Waals surface area (Å²) in [5.74, 6) is 0.277. The summed E-state index contributed by atoms with van der Waals surface area (Å²) in [5, 5.41) is 11.5. The second-order valence-corrected chi connectivity index (χ2v) is 2.84. The van der Waals surface area contributed by atoms with Crippen LogP contribution in [0, 0.1) is 0 Å². The lowest BCUT2D eigenvalue weighted by Crippen LogP contribution is -2.12. The Labute approximate surface area is 85.7 Å². The summed E-state index contributed by atoms with van der Waals surface area (Å²) in [4.78, 5) is 14.6. The maximum atomic E-state index is 10.8. The van der Waals surface area contributed by atoms with Crippen molar-refractivity contribution in [3.63, 3.8) is 0 Å². The third-order valence-corrected chi connectivity index (χ3v) is 1.87. The van der Waals surface area contributed by atoms with Crippen molar-refractivity contribution in [1.29, 1.82) is 0 Å². The Hall–Kier alpha value is -1.33. The van der Waals surface area contributed by atoms with Gasteiger partial charge in [0, 0.05) is 11.8 Å². The molecule has 1 rings (SSSR count). The third kappa shape index (κ3) is 2.58. The molecule has 0 bridgehead atoms. The normalized spacial score (nSPS) is 9.64. The van der Waals surface area contributed by atoms with Crippen LogP contribution in [0.25, 0.3) is 0 Å². The van der Waals surface area contributed by atoms with Crippen LogP contribution < -0.4 is 5.32 Å². The van der Waals surface area contributed by atoms with Crippen molar-refractivity contribution in [2.24, 2.45) is 0 Å². The van der Waals surface area contributed by atoms with E-state index in [0.29, 0.717) is 10.6 Å². The highest BCUT2D eigenvalue weighted by Crippen LogP contribution is 2.18. The monoisotopic (exact) mass is 216 g/mol. The molecule has 1 aromatic heterocycles. The number of pyridine rings is 1. The molecular weight excluding hydrogens is 208 g/mol. The molecule has 0 aromatic carbocycles. The fraction of sp³-hybridized carbons (Fsp3) is 0.250. The van der Waals surface area contributed by atoms with Crippen LogP contribution >= 0.6 is 11.6 Å². The fourth-order valence-electron chi connectivity index (χ4n) is 0.799. The van der Waals surface area contributed by atoms with Crippen LogP contribution in [0.1, 0.15) is 5.56 Å². The first-order valence-electron chi connectivity index (χ1n) is 3.77. The zero-order valence-corrected chi connectivity index (χ0v) is 8.21. The smallest absolute Gasteiger partial charge is 0.412 e. The summed E-state index contributed by atoms with van der Waals surface area (Å²) >= 11 is 5.76. The molecule has 0 saturated carbocycles. The Kier molecular flexibility index (Phi) is 3.67. The Balaban J connectivity index is 2.81. The number of nitrogens with zero attached hydrogens (tertiary/aromatic N) is 1. The Morgan fingerprint density at radius 2 is 2.50 bits per heavy atom. The molecule has 1 amide bonds. The van der Waals surface area contributed by atoms with Gasteiger partial charge in [-0.25, -0.2) is 9.78 Å². The van der Waals surface area contributed by atoms with Gasteiger partial charge in [-0.15, -0.1) is 0 Å². The van der Waals surface area contributed by atoms with Gasteiger partial charge in [-0.3, -0.25) is 5.32 Å². The molecule has 0 atom stereocenters. The van der Waals surface area contributed by atoms with E-state index < -0.39 is 6.09 Å². The molecule has 6 heteroatoms. The number of halogens is 1. The average molecular weight is 217 g/mol. The van der Waals surface area contributed by atoms with E-state index in [1.54, 1.807) is 0 Å². The number of carbonyl (C=O) groups is 1. The molecular formula is C8H9ClN2O3. The number of aromatic nitrogens is 1. The van der Waals surface area contributed by atoms with E-state index in [2.05, 4.69) is 15.0 Å². The van der Waals surface area contributed by atoms with E-state index in [0.717, 1.165) is 0 Å². The molecule has 76 valence electrons. The number of methoxy groups -OCH3 is 1. The van der Waals surface area contributed by atoms with E-state index in [4.69, 9.17) is 16.7 Å². The van der Waals surface area contributed by atoms with Crippen LogP contribution in [-0.2, 0) is 11.3 Å². The van der Waals surface area contributed by atoms with Gasteiger partial charge in [0.1, 0.15) is 5.82 Å². The number of hydrogen-bond donors (Lipinski definition) is 2. The summed E-state index contributed by atoms with van der Waals surface area (Å²) < 4.78 is 4.37. The molecule has 0 spiro atoms. The quantitative estimate of drug-likeness (QED) is 0.784. The van der Waals surface area contributed by atoms with Gasteiger partial charge >= 0.3 is 6.09 Å². The zero-order valence-electron chi connectivity index (χ0n) is 7.45. The fourth-order valence-corrected chi connectivity index (χ4v) is 1.01. The topological polar surface area (TPSA) is 71.5 Å². The van der Waals surface area contributed by atoms with Crippen LogP contribution in [0.4, 0.5) is 10.6 Å². The molecule has 0 aliphatic heterocycles. The van der Waals surface area contributed by atoms with Crippen LogP contribution in [-0.4, -0.2) is 23.3 Å².